The Labute approximate surface area is 120 Å². The number of aromatic amines is 1. The highest BCUT2D eigenvalue weighted by Gasteiger charge is 2.20. The summed E-state index contributed by atoms with van der Waals surface area (Å²) in [5.41, 5.74) is 3.09. The molecule has 2 N–H and O–H groups in total. The standard InChI is InChI=1S/C15H16N2O2S/c18-14(13-9-20-15(19)17-13)16-8-11-6-3-5-10-4-1-2-7-12(10)11/h1-2,4,7,9,11H,3,5-6,8H2,(H,16,18)(H,17,19). The Bertz CT molecular complexity index is 674. The Kier molecular flexibility index (Phi) is 3.69. The second kappa shape index (κ2) is 5.63. The van der Waals surface area contributed by atoms with E-state index < -0.39 is 0 Å². The van der Waals surface area contributed by atoms with Crippen LogP contribution < -0.4 is 10.2 Å². The van der Waals surface area contributed by atoms with Gasteiger partial charge in [0, 0.05) is 17.8 Å². The van der Waals surface area contributed by atoms with Crippen LogP contribution in [0.5, 0.6) is 0 Å². The summed E-state index contributed by atoms with van der Waals surface area (Å²) in [6, 6.07) is 8.43. The summed E-state index contributed by atoms with van der Waals surface area (Å²) in [5, 5.41) is 4.48. The van der Waals surface area contributed by atoms with Gasteiger partial charge in [-0.1, -0.05) is 35.6 Å². The van der Waals surface area contributed by atoms with Gasteiger partial charge in [0.25, 0.3) is 5.91 Å². The highest BCUT2D eigenvalue weighted by Crippen LogP contribution is 2.30. The fourth-order valence-electron chi connectivity index (χ4n) is 2.77. The number of hydrogen-bond acceptors (Lipinski definition) is 3. The van der Waals surface area contributed by atoms with Gasteiger partial charge < -0.3 is 10.3 Å². The van der Waals surface area contributed by atoms with Crippen LogP contribution in [0.15, 0.2) is 34.4 Å². The van der Waals surface area contributed by atoms with Gasteiger partial charge in [-0.05, 0) is 30.4 Å². The van der Waals surface area contributed by atoms with E-state index >= 15 is 0 Å². The second-order valence-electron chi connectivity index (χ2n) is 5.06. The lowest BCUT2D eigenvalue weighted by Crippen LogP contribution is -2.30. The zero-order chi connectivity index (χ0) is 13.9. The lowest BCUT2D eigenvalue weighted by molar-refractivity contribution is 0.0946. The Morgan fingerprint density at radius 2 is 2.25 bits per heavy atom. The molecule has 0 spiro atoms. The van der Waals surface area contributed by atoms with Gasteiger partial charge in [-0.15, -0.1) is 0 Å². The van der Waals surface area contributed by atoms with E-state index in [0.717, 1.165) is 30.6 Å². The largest absolute Gasteiger partial charge is 0.350 e. The molecular weight excluding hydrogens is 272 g/mol. The van der Waals surface area contributed by atoms with Crippen molar-refractivity contribution in [2.75, 3.05) is 6.54 Å². The Morgan fingerprint density at radius 3 is 3.05 bits per heavy atom. The third-order valence-electron chi connectivity index (χ3n) is 3.77. The molecule has 1 heterocycles. The van der Waals surface area contributed by atoms with Crippen molar-refractivity contribution in [1.29, 1.82) is 0 Å². The number of aryl methyl sites for hydroxylation is 1. The number of benzene rings is 1. The molecule has 0 radical (unpaired) electrons. The summed E-state index contributed by atoms with van der Waals surface area (Å²) in [6.45, 7) is 0.619. The van der Waals surface area contributed by atoms with Gasteiger partial charge in [0.1, 0.15) is 5.69 Å². The number of carbonyl (C=O) groups is 1. The summed E-state index contributed by atoms with van der Waals surface area (Å²) in [5.74, 6) is 0.167. The number of rotatable bonds is 3. The van der Waals surface area contributed by atoms with Crippen molar-refractivity contribution in [2.45, 2.75) is 25.2 Å². The molecule has 2 aromatic rings. The molecule has 5 heteroatoms. The molecule has 0 saturated heterocycles. The minimum atomic E-state index is -0.202. The average Bonchev–Trinajstić information content (AvgIpc) is 2.91. The quantitative estimate of drug-likeness (QED) is 0.910. The van der Waals surface area contributed by atoms with E-state index in [0.29, 0.717) is 18.2 Å². The lowest BCUT2D eigenvalue weighted by atomic mass is 9.83. The van der Waals surface area contributed by atoms with Crippen LogP contribution in [0.3, 0.4) is 0 Å². The van der Waals surface area contributed by atoms with Gasteiger partial charge >= 0.3 is 4.87 Å². The Morgan fingerprint density at radius 1 is 1.40 bits per heavy atom. The molecule has 104 valence electrons. The fraction of sp³-hybridized carbons (Fsp3) is 0.333. The van der Waals surface area contributed by atoms with Crippen molar-refractivity contribution >= 4 is 17.2 Å². The molecular formula is C15H16N2O2S. The number of H-pyrrole nitrogens is 1. The second-order valence-corrected chi connectivity index (χ2v) is 5.90. The predicted octanol–water partition coefficient (Wildman–Crippen LogP) is 2.29. The molecule has 0 saturated carbocycles. The maximum Gasteiger partial charge on any atom is 0.305 e. The summed E-state index contributed by atoms with van der Waals surface area (Å²) >= 11 is 1.01. The Hall–Kier alpha value is -1.88. The maximum absolute atomic E-state index is 11.9. The number of aromatic nitrogens is 1. The lowest BCUT2D eigenvalue weighted by Gasteiger charge is -2.25. The van der Waals surface area contributed by atoms with Crippen LogP contribution in [0.1, 0.15) is 40.4 Å². The van der Waals surface area contributed by atoms with Crippen LogP contribution in [0.25, 0.3) is 0 Å². The predicted molar refractivity (Wildman–Crippen MR) is 79.4 cm³/mol. The zero-order valence-electron chi connectivity index (χ0n) is 11.0. The van der Waals surface area contributed by atoms with Crippen LogP contribution >= 0.6 is 11.3 Å². The van der Waals surface area contributed by atoms with Gasteiger partial charge in [-0.3, -0.25) is 9.59 Å². The van der Waals surface area contributed by atoms with E-state index in [2.05, 4.69) is 34.6 Å². The number of thiazole rings is 1. The van der Waals surface area contributed by atoms with Crippen LogP contribution in [0.2, 0.25) is 0 Å². The molecule has 1 amide bonds. The number of nitrogens with one attached hydrogen (secondary N) is 2. The van der Waals surface area contributed by atoms with Crippen molar-refractivity contribution in [3.05, 3.63) is 56.1 Å². The first-order valence-electron chi connectivity index (χ1n) is 6.78. The molecule has 1 atom stereocenters. The van der Waals surface area contributed by atoms with Crippen LogP contribution in [-0.2, 0) is 6.42 Å². The normalized spacial score (nSPS) is 17.5. The SMILES string of the molecule is O=C(NCC1CCCc2ccccc21)c1csc(=O)[nH]1. The van der Waals surface area contributed by atoms with Crippen LogP contribution in [0.4, 0.5) is 0 Å². The summed E-state index contributed by atoms with van der Waals surface area (Å²) in [7, 11) is 0. The number of amides is 1. The first-order chi connectivity index (χ1) is 9.74. The van der Waals surface area contributed by atoms with E-state index in [1.54, 1.807) is 5.38 Å². The summed E-state index contributed by atoms with van der Waals surface area (Å²) in [6.07, 6.45) is 3.38. The van der Waals surface area contributed by atoms with Crippen molar-refractivity contribution in [3.8, 4) is 0 Å². The van der Waals surface area contributed by atoms with E-state index in [-0.39, 0.29) is 10.8 Å². The molecule has 1 aliphatic carbocycles. The van der Waals surface area contributed by atoms with Crippen molar-refractivity contribution in [2.24, 2.45) is 0 Å². The molecule has 1 aromatic carbocycles. The smallest absolute Gasteiger partial charge is 0.305 e. The summed E-state index contributed by atoms with van der Waals surface area (Å²) < 4.78 is 0. The highest BCUT2D eigenvalue weighted by atomic mass is 32.1. The first kappa shape index (κ1) is 13.1. The fourth-order valence-corrected chi connectivity index (χ4v) is 3.33. The molecule has 0 aliphatic heterocycles. The first-order valence-corrected chi connectivity index (χ1v) is 7.66. The monoisotopic (exact) mass is 288 g/mol. The average molecular weight is 288 g/mol. The van der Waals surface area contributed by atoms with Crippen LogP contribution in [0, 0.1) is 0 Å². The number of hydrogen-bond donors (Lipinski definition) is 2. The molecule has 1 aromatic heterocycles. The minimum absolute atomic E-state index is 0.196. The molecule has 4 nitrogen and oxygen atoms in total. The van der Waals surface area contributed by atoms with E-state index in [1.165, 1.54) is 11.1 Å². The van der Waals surface area contributed by atoms with E-state index in [9.17, 15) is 9.59 Å². The van der Waals surface area contributed by atoms with E-state index in [1.807, 2.05) is 0 Å². The van der Waals surface area contributed by atoms with Crippen molar-refractivity contribution in [1.82, 2.24) is 10.3 Å². The van der Waals surface area contributed by atoms with Gasteiger partial charge in [0.05, 0.1) is 0 Å². The third kappa shape index (κ3) is 2.67. The van der Waals surface area contributed by atoms with Gasteiger partial charge in [0.2, 0.25) is 0 Å². The molecule has 0 bridgehead atoms. The molecule has 20 heavy (non-hydrogen) atoms. The molecule has 0 fully saturated rings. The molecule has 3 rings (SSSR count). The van der Waals surface area contributed by atoms with Gasteiger partial charge in [-0.25, -0.2) is 0 Å². The molecule has 1 unspecified atom stereocenters. The maximum atomic E-state index is 11.9. The summed E-state index contributed by atoms with van der Waals surface area (Å²) in [4.78, 5) is 25.3. The van der Waals surface area contributed by atoms with Crippen molar-refractivity contribution < 1.29 is 4.79 Å². The topological polar surface area (TPSA) is 62.0 Å². The number of fused-ring (bicyclic) bond motifs is 1. The van der Waals surface area contributed by atoms with Crippen LogP contribution in [-0.4, -0.2) is 17.4 Å². The zero-order valence-corrected chi connectivity index (χ0v) is 11.8. The third-order valence-corrected chi connectivity index (χ3v) is 4.44. The molecule has 1 aliphatic rings. The van der Waals surface area contributed by atoms with Gasteiger partial charge in [-0.2, -0.15) is 0 Å². The highest BCUT2D eigenvalue weighted by molar-refractivity contribution is 7.07. The number of carbonyl (C=O) groups excluding carboxylic acids is 1. The van der Waals surface area contributed by atoms with E-state index in [4.69, 9.17) is 0 Å². The minimum Gasteiger partial charge on any atom is -0.350 e. The van der Waals surface area contributed by atoms with Crippen molar-refractivity contribution in [3.63, 3.8) is 0 Å². The Balaban J connectivity index is 1.68. The van der Waals surface area contributed by atoms with Gasteiger partial charge in [0.15, 0.2) is 0 Å².